The highest BCUT2D eigenvalue weighted by molar-refractivity contribution is 7.13. The van der Waals surface area contributed by atoms with Gasteiger partial charge in [0.15, 0.2) is 0 Å². The minimum Gasteiger partial charge on any atom is -0.383 e. The Balaban J connectivity index is 2.46. The second kappa shape index (κ2) is 5.62. The molecule has 84 valence electrons. The number of nitrogens with one attached hydrogen (secondary N) is 1. The van der Waals surface area contributed by atoms with Gasteiger partial charge in [-0.05, 0) is 6.92 Å². The Labute approximate surface area is 92.3 Å². The van der Waals surface area contributed by atoms with E-state index >= 15 is 0 Å². The lowest BCUT2D eigenvalue weighted by atomic mass is 10.3. The summed E-state index contributed by atoms with van der Waals surface area (Å²) in [6.45, 7) is 2.41. The molecule has 1 atom stereocenters. The van der Waals surface area contributed by atoms with Crippen LogP contribution in [0, 0.1) is 0 Å². The van der Waals surface area contributed by atoms with Crippen molar-refractivity contribution in [2.75, 3.05) is 26.1 Å². The molecule has 0 aliphatic carbocycles. The molecule has 0 fully saturated rings. The van der Waals surface area contributed by atoms with Crippen LogP contribution in [0.5, 0.6) is 0 Å². The molecule has 0 spiro atoms. The van der Waals surface area contributed by atoms with Crippen molar-refractivity contribution in [1.82, 2.24) is 15.1 Å². The summed E-state index contributed by atoms with van der Waals surface area (Å²) in [5, 5.41) is 10.5. The van der Waals surface area contributed by atoms with E-state index in [1.807, 2.05) is 6.92 Å². The van der Waals surface area contributed by atoms with Crippen molar-refractivity contribution in [2.45, 2.75) is 13.0 Å². The standard InChI is InChI=1S/C8H14N4O2S/c1-6(4-14-3)12(2)8(13)10-7-11-9-5-15-7/h5-6H,4H2,1-3H3,(H,10,11,13). The van der Waals surface area contributed by atoms with Crippen LogP contribution < -0.4 is 5.32 Å². The number of likely N-dealkylation sites (N-methyl/N-ethyl adjacent to an activating group) is 1. The molecule has 0 aromatic carbocycles. The zero-order valence-electron chi connectivity index (χ0n) is 8.93. The van der Waals surface area contributed by atoms with Gasteiger partial charge in [0.05, 0.1) is 12.6 Å². The van der Waals surface area contributed by atoms with Gasteiger partial charge >= 0.3 is 6.03 Å². The monoisotopic (exact) mass is 230 g/mol. The molecular weight excluding hydrogens is 216 g/mol. The van der Waals surface area contributed by atoms with Gasteiger partial charge in [0.1, 0.15) is 5.51 Å². The highest BCUT2D eigenvalue weighted by Gasteiger charge is 2.16. The number of anilines is 1. The summed E-state index contributed by atoms with van der Waals surface area (Å²) in [5.41, 5.74) is 1.56. The number of carbonyl (C=O) groups excluding carboxylic acids is 1. The van der Waals surface area contributed by atoms with E-state index in [9.17, 15) is 4.79 Å². The summed E-state index contributed by atoms with van der Waals surface area (Å²) in [5.74, 6) is 0. The first-order chi connectivity index (χ1) is 7.15. The van der Waals surface area contributed by atoms with Gasteiger partial charge in [-0.2, -0.15) is 0 Å². The molecule has 15 heavy (non-hydrogen) atoms. The molecule has 0 aliphatic heterocycles. The van der Waals surface area contributed by atoms with Crippen LogP contribution in [0.25, 0.3) is 0 Å². The SMILES string of the molecule is COCC(C)N(C)C(=O)Nc1nncs1. The summed E-state index contributed by atoms with van der Waals surface area (Å²) >= 11 is 1.28. The number of carbonyl (C=O) groups is 1. The van der Waals surface area contributed by atoms with Crippen LogP contribution >= 0.6 is 11.3 Å². The van der Waals surface area contributed by atoms with Gasteiger partial charge < -0.3 is 9.64 Å². The van der Waals surface area contributed by atoms with Gasteiger partial charge in [-0.25, -0.2) is 4.79 Å². The predicted octanol–water partition coefficient (Wildman–Crippen LogP) is 1.04. The fraction of sp³-hybridized carbons (Fsp3) is 0.625. The molecular formula is C8H14N4O2S. The zero-order valence-corrected chi connectivity index (χ0v) is 9.74. The summed E-state index contributed by atoms with van der Waals surface area (Å²) in [7, 11) is 3.31. The molecule has 1 N–H and O–H groups in total. The number of hydrogen-bond acceptors (Lipinski definition) is 5. The Kier molecular flexibility index (Phi) is 4.44. The molecule has 1 unspecified atom stereocenters. The van der Waals surface area contributed by atoms with E-state index in [1.165, 1.54) is 11.3 Å². The highest BCUT2D eigenvalue weighted by atomic mass is 32.1. The van der Waals surface area contributed by atoms with E-state index < -0.39 is 0 Å². The predicted molar refractivity (Wildman–Crippen MR) is 58.0 cm³/mol. The van der Waals surface area contributed by atoms with E-state index in [0.29, 0.717) is 11.7 Å². The van der Waals surface area contributed by atoms with E-state index in [4.69, 9.17) is 4.74 Å². The average molecular weight is 230 g/mol. The number of rotatable bonds is 4. The largest absolute Gasteiger partial charge is 0.383 e. The van der Waals surface area contributed by atoms with Crippen molar-refractivity contribution < 1.29 is 9.53 Å². The van der Waals surface area contributed by atoms with Crippen LogP contribution in [0.3, 0.4) is 0 Å². The molecule has 7 heteroatoms. The molecule has 0 aliphatic rings. The van der Waals surface area contributed by atoms with E-state index in [2.05, 4.69) is 15.5 Å². The van der Waals surface area contributed by atoms with Crippen molar-refractivity contribution >= 4 is 22.5 Å². The van der Waals surface area contributed by atoms with Crippen LogP contribution in [0.15, 0.2) is 5.51 Å². The maximum Gasteiger partial charge on any atom is 0.323 e. The van der Waals surface area contributed by atoms with Gasteiger partial charge in [-0.1, -0.05) is 11.3 Å². The Morgan fingerprint density at radius 2 is 2.53 bits per heavy atom. The van der Waals surface area contributed by atoms with Gasteiger partial charge in [0.2, 0.25) is 5.13 Å². The summed E-state index contributed by atoms with van der Waals surface area (Å²) < 4.78 is 4.96. The molecule has 0 bridgehead atoms. The van der Waals surface area contributed by atoms with Crippen LogP contribution in [0.2, 0.25) is 0 Å². The highest BCUT2D eigenvalue weighted by Crippen LogP contribution is 2.09. The first kappa shape index (κ1) is 11.9. The minimum absolute atomic E-state index is 0.0166. The lowest BCUT2D eigenvalue weighted by Crippen LogP contribution is -2.40. The summed E-state index contributed by atoms with van der Waals surface area (Å²) in [6.07, 6.45) is 0. The minimum atomic E-state index is -0.212. The lowest BCUT2D eigenvalue weighted by Gasteiger charge is -2.23. The molecule has 1 aromatic heterocycles. The van der Waals surface area contributed by atoms with Crippen molar-refractivity contribution in [1.29, 1.82) is 0 Å². The maximum absolute atomic E-state index is 11.6. The van der Waals surface area contributed by atoms with Crippen LogP contribution in [0.1, 0.15) is 6.92 Å². The van der Waals surface area contributed by atoms with Gasteiger partial charge in [-0.15, -0.1) is 10.2 Å². The maximum atomic E-state index is 11.6. The molecule has 1 heterocycles. The van der Waals surface area contributed by atoms with Crippen molar-refractivity contribution in [2.24, 2.45) is 0 Å². The lowest BCUT2D eigenvalue weighted by molar-refractivity contribution is 0.128. The summed E-state index contributed by atoms with van der Waals surface area (Å²) in [6, 6.07) is -0.195. The molecule has 1 rings (SSSR count). The Hall–Kier alpha value is -1.21. The van der Waals surface area contributed by atoms with E-state index in [-0.39, 0.29) is 12.1 Å². The quantitative estimate of drug-likeness (QED) is 0.839. The van der Waals surface area contributed by atoms with Crippen molar-refractivity contribution in [3.05, 3.63) is 5.51 Å². The number of urea groups is 1. The van der Waals surface area contributed by atoms with Crippen molar-refractivity contribution in [3.63, 3.8) is 0 Å². The third kappa shape index (κ3) is 3.45. The first-order valence-electron chi connectivity index (χ1n) is 4.44. The average Bonchev–Trinajstić information content (AvgIpc) is 2.69. The number of hydrogen-bond donors (Lipinski definition) is 1. The summed E-state index contributed by atoms with van der Waals surface area (Å²) in [4.78, 5) is 13.2. The number of amides is 2. The van der Waals surface area contributed by atoms with Gasteiger partial charge in [0.25, 0.3) is 0 Å². The van der Waals surface area contributed by atoms with Gasteiger partial charge in [-0.3, -0.25) is 5.32 Å². The number of ether oxygens (including phenoxy) is 1. The van der Waals surface area contributed by atoms with Crippen LogP contribution in [-0.4, -0.2) is 47.9 Å². The second-order valence-corrected chi connectivity index (χ2v) is 3.92. The first-order valence-corrected chi connectivity index (χ1v) is 5.32. The second-order valence-electron chi connectivity index (χ2n) is 3.09. The van der Waals surface area contributed by atoms with E-state index in [1.54, 1.807) is 24.6 Å². The Morgan fingerprint density at radius 3 is 3.07 bits per heavy atom. The van der Waals surface area contributed by atoms with Gasteiger partial charge in [0, 0.05) is 14.2 Å². The topological polar surface area (TPSA) is 67.3 Å². The molecule has 0 radical (unpaired) electrons. The molecule has 2 amide bonds. The van der Waals surface area contributed by atoms with E-state index in [0.717, 1.165) is 0 Å². The molecule has 6 nitrogen and oxygen atoms in total. The van der Waals surface area contributed by atoms with Crippen LogP contribution in [0.4, 0.5) is 9.93 Å². The third-order valence-corrected chi connectivity index (χ3v) is 2.57. The number of nitrogens with zero attached hydrogens (tertiary/aromatic N) is 3. The third-order valence-electron chi connectivity index (χ3n) is 1.96. The van der Waals surface area contributed by atoms with Crippen molar-refractivity contribution in [3.8, 4) is 0 Å². The van der Waals surface area contributed by atoms with Crippen LogP contribution in [-0.2, 0) is 4.74 Å². The molecule has 1 aromatic rings. The fourth-order valence-corrected chi connectivity index (χ4v) is 1.40. The number of methoxy groups -OCH3 is 1. The Bertz CT molecular complexity index is 304. The molecule has 0 saturated heterocycles. The Morgan fingerprint density at radius 1 is 1.80 bits per heavy atom. The zero-order chi connectivity index (χ0) is 11.3. The molecule has 0 saturated carbocycles. The number of aromatic nitrogens is 2. The smallest absolute Gasteiger partial charge is 0.323 e. The normalized spacial score (nSPS) is 12.2. The fourth-order valence-electron chi connectivity index (χ4n) is 0.960.